The van der Waals surface area contributed by atoms with E-state index >= 15 is 0 Å². The Morgan fingerprint density at radius 3 is 2.62 bits per heavy atom. The first-order valence-electron chi connectivity index (χ1n) is 8.43. The van der Waals surface area contributed by atoms with Gasteiger partial charge < -0.3 is 19.2 Å². The fourth-order valence-corrected chi connectivity index (χ4v) is 3.76. The number of benzene rings is 1. The second kappa shape index (κ2) is 6.32. The molecule has 0 unspecified atom stereocenters. The summed E-state index contributed by atoms with van der Waals surface area (Å²) in [5, 5.41) is 9.44. The molecule has 2 aliphatic heterocycles. The molecule has 4 rings (SSSR count). The van der Waals surface area contributed by atoms with Gasteiger partial charge in [-0.3, -0.25) is 4.79 Å². The number of hydrogen-bond acceptors (Lipinski definition) is 4. The molecule has 5 heteroatoms. The highest BCUT2D eigenvalue weighted by molar-refractivity contribution is 5.80. The van der Waals surface area contributed by atoms with E-state index in [9.17, 15) is 9.90 Å². The highest BCUT2D eigenvalue weighted by atomic mass is 16.5. The van der Waals surface area contributed by atoms with Crippen LogP contribution in [0.4, 0.5) is 0 Å². The molecule has 2 saturated heterocycles. The molecule has 3 atom stereocenters. The summed E-state index contributed by atoms with van der Waals surface area (Å²) in [5.74, 6) is 1.08. The van der Waals surface area contributed by atoms with Gasteiger partial charge in [0, 0.05) is 6.54 Å². The summed E-state index contributed by atoms with van der Waals surface area (Å²) in [4.78, 5) is 14.9. The van der Waals surface area contributed by atoms with Crippen LogP contribution in [0, 0.1) is 5.92 Å². The van der Waals surface area contributed by atoms with Crippen LogP contribution in [0.3, 0.4) is 0 Å². The quantitative estimate of drug-likeness (QED) is 0.917. The van der Waals surface area contributed by atoms with Crippen molar-refractivity contribution in [3.05, 3.63) is 54.0 Å². The van der Waals surface area contributed by atoms with Crippen LogP contribution in [0.5, 0.6) is 5.75 Å². The van der Waals surface area contributed by atoms with E-state index in [1.54, 1.807) is 18.4 Å². The minimum absolute atomic E-state index is 0.0455. The van der Waals surface area contributed by atoms with Gasteiger partial charge in [-0.05, 0) is 49.1 Å². The highest BCUT2D eigenvalue weighted by Crippen LogP contribution is 2.40. The average Bonchev–Trinajstić information content (AvgIpc) is 3.33. The zero-order chi connectivity index (χ0) is 16.5. The number of rotatable bonds is 5. The lowest BCUT2D eigenvalue weighted by Crippen LogP contribution is -2.39. The fourth-order valence-electron chi connectivity index (χ4n) is 3.76. The van der Waals surface area contributed by atoms with E-state index in [0.29, 0.717) is 13.1 Å². The molecule has 0 saturated carbocycles. The molecule has 2 bridgehead atoms. The zero-order valence-electron chi connectivity index (χ0n) is 13.4. The van der Waals surface area contributed by atoms with Crippen molar-refractivity contribution in [2.75, 3.05) is 0 Å². The molecule has 24 heavy (non-hydrogen) atoms. The summed E-state index contributed by atoms with van der Waals surface area (Å²) < 4.78 is 11.3. The number of hydrogen-bond donors (Lipinski definition) is 1. The summed E-state index contributed by atoms with van der Waals surface area (Å²) in [6.07, 6.45) is 4.83. The molecule has 2 aromatic rings. The Bertz CT molecular complexity index is 695. The summed E-state index contributed by atoms with van der Waals surface area (Å²) >= 11 is 0. The lowest BCUT2D eigenvalue weighted by atomic mass is 9.88. The van der Waals surface area contributed by atoms with Gasteiger partial charge in [-0.1, -0.05) is 12.1 Å². The first-order valence-corrected chi connectivity index (χ1v) is 8.43. The molecule has 2 fully saturated rings. The molecular weight excluding hydrogens is 306 g/mol. The minimum atomic E-state index is -0.0455. The van der Waals surface area contributed by atoms with Crippen LogP contribution in [-0.2, 0) is 22.6 Å². The van der Waals surface area contributed by atoms with Gasteiger partial charge in [0.25, 0.3) is 0 Å². The molecule has 2 aliphatic rings. The van der Waals surface area contributed by atoms with E-state index in [4.69, 9.17) is 9.15 Å². The summed E-state index contributed by atoms with van der Waals surface area (Å²) in [6.45, 7) is 0.939. The maximum atomic E-state index is 13.1. The zero-order valence-corrected chi connectivity index (χ0v) is 13.4. The van der Waals surface area contributed by atoms with Gasteiger partial charge in [-0.2, -0.15) is 0 Å². The lowest BCUT2D eigenvalue weighted by Gasteiger charge is -2.27. The lowest BCUT2D eigenvalue weighted by molar-refractivity contribution is -0.138. The van der Waals surface area contributed by atoms with Crippen molar-refractivity contribution >= 4 is 5.91 Å². The van der Waals surface area contributed by atoms with Gasteiger partial charge in [-0.15, -0.1) is 0 Å². The third-order valence-corrected chi connectivity index (χ3v) is 4.97. The Hall–Kier alpha value is -2.27. The van der Waals surface area contributed by atoms with E-state index in [1.807, 2.05) is 29.2 Å². The van der Waals surface area contributed by atoms with Crippen molar-refractivity contribution in [3.63, 3.8) is 0 Å². The molecule has 1 amide bonds. The van der Waals surface area contributed by atoms with Gasteiger partial charge in [0.05, 0.1) is 30.9 Å². The van der Waals surface area contributed by atoms with Crippen molar-refractivity contribution in [3.8, 4) is 5.75 Å². The van der Waals surface area contributed by atoms with Crippen LogP contribution < -0.4 is 0 Å². The Morgan fingerprint density at radius 1 is 1.17 bits per heavy atom. The molecule has 1 N–H and O–H groups in total. The van der Waals surface area contributed by atoms with E-state index in [2.05, 4.69) is 0 Å². The first-order chi connectivity index (χ1) is 11.7. The fraction of sp³-hybridized carbons (Fsp3) is 0.421. The Morgan fingerprint density at radius 2 is 2.00 bits per heavy atom. The number of nitrogens with zero attached hydrogens (tertiary/aromatic N) is 1. The third kappa shape index (κ3) is 3.04. The van der Waals surface area contributed by atoms with Gasteiger partial charge in [-0.25, -0.2) is 0 Å². The smallest absolute Gasteiger partial charge is 0.229 e. The monoisotopic (exact) mass is 327 g/mol. The van der Waals surface area contributed by atoms with E-state index < -0.39 is 0 Å². The Labute approximate surface area is 140 Å². The summed E-state index contributed by atoms with van der Waals surface area (Å²) in [5.41, 5.74) is 0.983. The van der Waals surface area contributed by atoms with Crippen LogP contribution in [0.1, 0.15) is 30.6 Å². The van der Waals surface area contributed by atoms with E-state index in [1.165, 1.54) is 0 Å². The minimum Gasteiger partial charge on any atom is -0.508 e. The molecule has 0 spiro atoms. The van der Waals surface area contributed by atoms with Crippen molar-refractivity contribution in [1.29, 1.82) is 0 Å². The Balaban J connectivity index is 1.53. The average molecular weight is 327 g/mol. The van der Waals surface area contributed by atoms with Crippen LogP contribution in [0.2, 0.25) is 0 Å². The van der Waals surface area contributed by atoms with Crippen molar-refractivity contribution in [2.45, 2.75) is 44.6 Å². The number of carbonyl (C=O) groups excluding carboxylic acids is 1. The predicted octanol–water partition coefficient (Wildman–Crippen LogP) is 3.08. The molecule has 3 heterocycles. The molecule has 126 valence electrons. The van der Waals surface area contributed by atoms with Crippen molar-refractivity contribution < 1.29 is 19.1 Å². The van der Waals surface area contributed by atoms with Gasteiger partial charge >= 0.3 is 0 Å². The molecule has 0 aliphatic carbocycles. The molecule has 1 aromatic carbocycles. The SMILES string of the molecule is O=C([C@@H]1C[C@H]2CC[C@H]1O2)N(Cc1ccc(O)cc1)Cc1ccco1. The second-order valence-electron chi connectivity index (χ2n) is 6.66. The van der Waals surface area contributed by atoms with Gasteiger partial charge in [0.2, 0.25) is 5.91 Å². The maximum absolute atomic E-state index is 13.1. The summed E-state index contributed by atoms with van der Waals surface area (Å²) in [7, 11) is 0. The number of aromatic hydroxyl groups is 1. The van der Waals surface area contributed by atoms with Crippen LogP contribution in [0.25, 0.3) is 0 Å². The van der Waals surface area contributed by atoms with Gasteiger partial charge in [0.15, 0.2) is 0 Å². The second-order valence-corrected chi connectivity index (χ2v) is 6.66. The van der Waals surface area contributed by atoms with E-state index in [0.717, 1.165) is 30.6 Å². The third-order valence-electron chi connectivity index (χ3n) is 4.97. The highest BCUT2D eigenvalue weighted by Gasteiger charge is 2.45. The van der Waals surface area contributed by atoms with Crippen LogP contribution in [-0.4, -0.2) is 28.1 Å². The Kier molecular flexibility index (Phi) is 4.02. The van der Waals surface area contributed by atoms with E-state index in [-0.39, 0.29) is 29.8 Å². The molecule has 0 radical (unpaired) electrons. The first kappa shape index (κ1) is 15.3. The number of phenols is 1. The standard InChI is InChI=1S/C19H21NO4/c21-14-5-3-13(4-6-14)11-20(12-16-2-1-9-23-16)19(22)17-10-15-7-8-18(17)24-15/h1-6,9,15,17-18,21H,7-8,10-12H2/t15-,17-,18-/m1/s1. The summed E-state index contributed by atoms with van der Waals surface area (Å²) in [6, 6.07) is 10.7. The number of carbonyl (C=O) groups is 1. The normalized spacial score (nSPS) is 25.1. The van der Waals surface area contributed by atoms with Crippen molar-refractivity contribution in [2.24, 2.45) is 5.92 Å². The number of ether oxygens (including phenoxy) is 1. The predicted molar refractivity (Wildman–Crippen MR) is 87.1 cm³/mol. The molecule has 1 aromatic heterocycles. The maximum Gasteiger partial charge on any atom is 0.229 e. The number of furan rings is 1. The number of amides is 1. The molecule has 5 nitrogen and oxygen atoms in total. The largest absolute Gasteiger partial charge is 0.508 e. The van der Waals surface area contributed by atoms with Gasteiger partial charge in [0.1, 0.15) is 11.5 Å². The molecular formula is C19H21NO4. The van der Waals surface area contributed by atoms with Crippen LogP contribution >= 0.6 is 0 Å². The number of fused-ring (bicyclic) bond motifs is 2. The number of phenolic OH excluding ortho intramolecular Hbond substituents is 1. The van der Waals surface area contributed by atoms with Crippen LogP contribution in [0.15, 0.2) is 47.1 Å². The topological polar surface area (TPSA) is 62.9 Å². The van der Waals surface area contributed by atoms with Crippen molar-refractivity contribution in [1.82, 2.24) is 4.90 Å².